The summed E-state index contributed by atoms with van der Waals surface area (Å²) in [6.07, 6.45) is 6.20. The molecule has 0 radical (unpaired) electrons. The van der Waals surface area contributed by atoms with Gasteiger partial charge in [-0.25, -0.2) is 13.9 Å². The molecule has 0 aliphatic carbocycles. The van der Waals surface area contributed by atoms with Crippen molar-refractivity contribution in [1.82, 2.24) is 4.57 Å². The van der Waals surface area contributed by atoms with Crippen LogP contribution >= 0.6 is 12.0 Å². The van der Waals surface area contributed by atoms with Crippen molar-refractivity contribution in [1.29, 1.82) is 0 Å². The summed E-state index contributed by atoms with van der Waals surface area (Å²) in [5.74, 6) is -0.109. The molecule has 0 N–H and O–H groups in total. The summed E-state index contributed by atoms with van der Waals surface area (Å²) in [5, 5.41) is 12.7. The van der Waals surface area contributed by atoms with E-state index in [2.05, 4.69) is 16.0 Å². The van der Waals surface area contributed by atoms with Gasteiger partial charge in [-0.1, -0.05) is 6.58 Å². The number of esters is 1. The number of nitrogens with zero attached hydrogens (tertiary/aromatic N) is 2. The molecule has 0 spiro atoms. The van der Waals surface area contributed by atoms with Gasteiger partial charge in [0.1, 0.15) is 12.4 Å². The third kappa shape index (κ3) is 4.45. The molecule has 0 aliphatic rings. The van der Waals surface area contributed by atoms with E-state index < -0.39 is 5.97 Å². The van der Waals surface area contributed by atoms with Crippen molar-refractivity contribution in [2.45, 2.75) is 12.6 Å². The van der Waals surface area contributed by atoms with Crippen LogP contribution in [0.3, 0.4) is 0 Å². The first kappa shape index (κ1) is 12.7. The molecule has 0 saturated carbocycles. The highest BCUT2D eigenvalue weighted by Gasteiger charge is 2.05. The predicted molar refractivity (Wildman–Crippen MR) is 50.7 cm³/mol. The zero-order chi connectivity index (χ0) is 11.8. The standard InChI is InChI=1S/C8H10N2O5S/c1-2-8(11)13-6-9-3-4-10(5-9)7-16-15-14-12/h2-5H,1,6-7H2. The average molecular weight is 246 g/mol. The number of aromatic nitrogens is 2. The van der Waals surface area contributed by atoms with Crippen LogP contribution in [0.2, 0.25) is 0 Å². The second-order valence-corrected chi connectivity index (χ2v) is 3.25. The van der Waals surface area contributed by atoms with Crippen molar-refractivity contribution in [3.8, 4) is 0 Å². The fourth-order valence-electron chi connectivity index (χ4n) is 0.891. The first-order valence-electron chi connectivity index (χ1n) is 4.18. The molecule has 7 nitrogen and oxygen atoms in total. The summed E-state index contributed by atoms with van der Waals surface area (Å²) < 4.78 is 12.2. The fraction of sp³-hybridized carbons (Fsp3) is 0.250. The SMILES string of the molecule is C=CC(=O)OCn1cc[n+](CSOO[O-])c1. The highest BCUT2D eigenvalue weighted by Crippen LogP contribution is 2.00. The highest BCUT2D eigenvalue weighted by atomic mass is 32.2. The molecule has 1 aromatic heterocycles. The first-order chi connectivity index (χ1) is 7.76. The molecule has 0 aromatic carbocycles. The van der Waals surface area contributed by atoms with Crippen LogP contribution in [0.5, 0.6) is 0 Å². The Morgan fingerprint density at radius 1 is 1.69 bits per heavy atom. The summed E-state index contributed by atoms with van der Waals surface area (Å²) >= 11 is 0.840. The molecule has 0 fully saturated rings. The maximum absolute atomic E-state index is 10.8. The minimum atomic E-state index is -0.488. The molecule has 1 heterocycles. The monoisotopic (exact) mass is 246 g/mol. The number of hydrogen-bond donors (Lipinski definition) is 0. The molecule has 0 aliphatic heterocycles. The zero-order valence-electron chi connectivity index (χ0n) is 8.27. The normalized spacial score (nSPS) is 10.1. The summed E-state index contributed by atoms with van der Waals surface area (Å²) in [6, 6.07) is 0. The van der Waals surface area contributed by atoms with Crippen LogP contribution in [-0.4, -0.2) is 10.5 Å². The minimum Gasteiger partial charge on any atom is -0.691 e. The predicted octanol–water partition coefficient (Wildman–Crippen LogP) is -0.709. The number of carbonyl (C=O) groups is 1. The van der Waals surface area contributed by atoms with Gasteiger partial charge in [-0.05, 0) is 0 Å². The highest BCUT2D eigenvalue weighted by molar-refractivity contribution is 7.93. The smallest absolute Gasteiger partial charge is 0.333 e. The quantitative estimate of drug-likeness (QED) is 0.120. The summed E-state index contributed by atoms with van der Waals surface area (Å²) in [6.45, 7) is 3.37. The van der Waals surface area contributed by atoms with Gasteiger partial charge in [-0.3, -0.25) is 5.04 Å². The molecule has 16 heavy (non-hydrogen) atoms. The number of carbonyl (C=O) groups excluding carboxylic acids is 1. The van der Waals surface area contributed by atoms with Gasteiger partial charge in [0.25, 0.3) is 0 Å². The number of ether oxygens (including phenoxy) is 1. The Labute approximate surface area is 95.9 Å². The average Bonchev–Trinajstić information content (AvgIpc) is 2.74. The molecule has 0 unspecified atom stereocenters. The Bertz CT molecular complexity index is 354. The Kier molecular flexibility index (Phi) is 5.57. The van der Waals surface area contributed by atoms with Crippen LogP contribution in [0.1, 0.15) is 0 Å². The topological polar surface area (TPSA) is 76.6 Å². The molecule has 0 atom stereocenters. The molecule has 88 valence electrons. The van der Waals surface area contributed by atoms with Crippen molar-refractivity contribution in [3.63, 3.8) is 0 Å². The lowest BCUT2D eigenvalue weighted by Crippen LogP contribution is -2.29. The zero-order valence-corrected chi connectivity index (χ0v) is 9.09. The maximum Gasteiger partial charge on any atom is 0.333 e. The van der Waals surface area contributed by atoms with Crippen LogP contribution in [0.15, 0.2) is 31.4 Å². The molecular weight excluding hydrogens is 236 g/mol. The molecule has 0 bridgehead atoms. The van der Waals surface area contributed by atoms with E-state index in [1.807, 2.05) is 0 Å². The molecule has 8 heteroatoms. The fourth-order valence-corrected chi connectivity index (χ4v) is 1.25. The van der Waals surface area contributed by atoms with Crippen molar-refractivity contribution in [2.24, 2.45) is 0 Å². The summed E-state index contributed by atoms with van der Waals surface area (Å²) in [5.41, 5.74) is 0. The largest absolute Gasteiger partial charge is 0.691 e. The molecule has 0 amide bonds. The second kappa shape index (κ2) is 7.01. The van der Waals surface area contributed by atoms with Crippen molar-refractivity contribution >= 4 is 18.0 Å². The number of imidazole rings is 1. The van der Waals surface area contributed by atoms with Gasteiger partial charge in [0.05, 0.1) is 12.0 Å². The molecule has 1 aromatic rings. The van der Waals surface area contributed by atoms with E-state index in [9.17, 15) is 10.1 Å². The van der Waals surface area contributed by atoms with Crippen molar-refractivity contribution in [2.75, 3.05) is 0 Å². The van der Waals surface area contributed by atoms with Gasteiger partial charge in [0.15, 0.2) is 5.88 Å². The van der Waals surface area contributed by atoms with Crippen LogP contribution in [0.25, 0.3) is 0 Å². The lowest BCUT2D eigenvalue weighted by atomic mass is 10.7. The van der Waals surface area contributed by atoms with E-state index in [-0.39, 0.29) is 6.73 Å². The van der Waals surface area contributed by atoms with E-state index in [1.165, 1.54) is 0 Å². The maximum atomic E-state index is 10.8. The van der Waals surface area contributed by atoms with Gasteiger partial charge >= 0.3 is 5.97 Å². The number of hydrogen-bond acceptors (Lipinski definition) is 6. The van der Waals surface area contributed by atoms with E-state index in [0.29, 0.717) is 5.88 Å². The van der Waals surface area contributed by atoms with Crippen molar-refractivity contribution < 1.29 is 28.7 Å². The minimum absolute atomic E-state index is 0.0986. The third-order valence-corrected chi connectivity index (χ3v) is 2.10. The van der Waals surface area contributed by atoms with E-state index in [0.717, 1.165) is 18.1 Å². The third-order valence-electron chi connectivity index (χ3n) is 1.55. The van der Waals surface area contributed by atoms with Gasteiger partial charge in [0, 0.05) is 6.08 Å². The first-order valence-corrected chi connectivity index (χ1v) is 5.09. The summed E-state index contributed by atoms with van der Waals surface area (Å²) in [7, 11) is 0. The summed E-state index contributed by atoms with van der Waals surface area (Å²) in [4.78, 5) is 10.8. The number of rotatable bonds is 7. The van der Waals surface area contributed by atoms with Crippen LogP contribution in [0, 0.1) is 0 Å². The second-order valence-electron chi connectivity index (χ2n) is 2.62. The Balaban J connectivity index is 2.33. The Morgan fingerprint density at radius 3 is 3.19 bits per heavy atom. The molecular formula is C8H10N2O5S. The van der Waals surface area contributed by atoms with Gasteiger partial charge < -0.3 is 9.99 Å². The lowest BCUT2D eigenvalue weighted by Gasteiger charge is -2.01. The Hall–Kier alpha value is -1.35. The van der Waals surface area contributed by atoms with Crippen LogP contribution < -0.4 is 9.82 Å². The van der Waals surface area contributed by atoms with Gasteiger partial charge in [0.2, 0.25) is 13.1 Å². The van der Waals surface area contributed by atoms with Gasteiger partial charge in [-0.15, -0.1) is 0 Å². The van der Waals surface area contributed by atoms with E-state index in [1.54, 1.807) is 27.9 Å². The van der Waals surface area contributed by atoms with Crippen LogP contribution in [0.4, 0.5) is 0 Å². The Morgan fingerprint density at radius 2 is 2.50 bits per heavy atom. The lowest BCUT2D eigenvalue weighted by molar-refractivity contribution is -0.778. The van der Waals surface area contributed by atoms with Gasteiger partial charge in [-0.2, -0.15) is 4.33 Å². The van der Waals surface area contributed by atoms with Crippen molar-refractivity contribution in [3.05, 3.63) is 31.4 Å². The van der Waals surface area contributed by atoms with E-state index >= 15 is 0 Å². The van der Waals surface area contributed by atoms with E-state index in [4.69, 9.17) is 4.74 Å². The van der Waals surface area contributed by atoms with Crippen LogP contribution in [-0.2, 0) is 31.5 Å². The molecule has 1 rings (SSSR count). The molecule has 0 saturated heterocycles.